The number of nitrogens with zero attached hydrogens (tertiary/aromatic N) is 1. The van der Waals surface area contributed by atoms with Crippen molar-refractivity contribution in [1.29, 1.82) is 0 Å². The predicted octanol–water partition coefficient (Wildman–Crippen LogP) is 6.40. The SMILES string of the molecule is Cl.Cl.Nc1ccc(C(=O)Nc2ccc(-c3nc4cc(NC(=O)c5ccc(N)cc5)c(Cl)cc4[nH]3)cc2)cc1. The van der Waals surface area contributed by atoms with Crippen molar-refractivity contribution in [1.82, 2.24) is 9.97 Å². The van der Waals surface area contributed by atoms with Gasteiger partial charge in [-0.15, -0.1) is 24.8 Å². The second kappa shape index (κ2) is 11.9. The van der Waals surface area contributed by atoms with E-state index < -0.39 is 0 Å². The van der Waals surface area contributed by atoms with Crippen LogP contribution in [-0.2, 0) is 0 Å². The van der Waals surface area contributed by atoms with E-state index in [1.54, 1.807) is 72.8 Å². The maximum absolute atomic E-state index is 12.6. The number of carbonyl (C=O) groups excluding carboxylic acids is 2. The number of benzene rings is 4. The molecule has 1 aromatic heterocycles. The Hall–Kier alpha value is -4.24. The first-order valence-electron chi connectivity index (χ1n) is 11.0. The molecule has 7 N–H and O–H groups in total. The van der Waals surface area contributed by atoms with Crippen molar-refractivity contribution in [3.05, 3.63) is 101 Å². The Balaban J connectivity index is 0.00000200. The van der Waals surface area contributed by atoms with E-state index in [0.717, 1.165) is 11.1 Å². The van der Waals surface area contributed by atoms with E-state index in [4.69, 9.17) is 23.1 Å². The normalized spacial score (nSPS) is 10.2. The second-order valence-corrected chi connectivity index (χ2v) is 8.57. The summed E-state index contributed by atoms with van der Waals surface area (Å²) in [7, 11) is 0. The van der Waals surface area contributed by atoms with Crippen molar-refractivity contribution in [2.75, 3.05) is 22.1 Å². The lowest BCUT2D eigenvalue weighted by Gasteiger charge is -2.07. The van der Waals surface area contributed by atoms with E-state index in [1.165, 1.54) is 0 Å². The summed E-state index contributed by atoms with van der Waals surface area (Å²) in [5, 5.41) is 6.05. The van der Waals surface area contributed by atoms with Gasteiger partial charge in [0.2, 0.25) is 0 Å². The Bertz CT molecular complexity index is 1590. The third-order valence-corrected chi connectivity index (χ3v) is 5.89. The minimum atomic E-state index is -0.302. The fourth-order valence-corrected chi connectivity index (χ4v) is 3.85. The maximum atomic E-state index is 12.6. The monoisotopic (exact) mass is 568 g/mol. The average molecular weight is 570 g/mol. The number of anilines is 4. The average Bonchev–Trinajstić information content (AvgIpc) is 3.28. The lowest BCUT2D eigenvalue weighted by molar-refractivity contribution is 0.101. The van der Waals surface area contributed by atoms with Crippen LogP contribution >= 0.6 is 36.4 Å². The quantitative estimate of drug-likeness (QED) is 0.156. The highest BCUT2D eigenvalue weighted by Gasteiger charge is 2.13. The van der Waals surface area contributed by atoms with E-state index in [2.05, 4.69) is 20.6 Å². The first-order valence-corrected chi connectivity index (χ1v) is 11.4. The van der Waals surface area contributed by atoms with Crippen molar-refractivity contribution >= 4 is 82.0 Å². The highest BCUT2D eigenvalue weighted by molar-refractivity contribution is 6.34. The molecule has 0 radical (unpaired) electrons. The summed E-state index contributed by atoms with van der Waals surface area (Å²) in [6.45, 7) is 0. The number of fused-ring (bicyclic) bond motifs is 1. The Labute approximate surface area is 235 Å². The first kappa shape index (κ1) is 28.3. The van der Waals surface area contributed by atoms with Crippen molar-refractivity contribution in [3.63, 3.8) is 0 Å². The van der Waals surface area contributed by atoms with Gasteiger partial charge < -0.3 is 27.1 Å². The number of rotatable bonds is 5. The first-order chi connectivity index (χ1) is 17.4. The van der Waals surface area contributed by atoms with E-state index in [-0.39, 0.29) is 36.6 Å². The van der Waals surface area contributed by atoms with Crippen LogP contribution in [0.3, 0.4) is 0 Å². The molecule has 0 aliphatic carbocycles. The Morgan fingerprint density at radius 1 is 0.737 bits per heavy atom. The van der Waals surface area contributed by atoms with Crippen molar-refractivity contribution < 1.29 is 9.59 Å². The van der Waals surface area contributed by atoms with Gasteiger partial charge in [0.25, 0.3) is 11.8 Å². The Morgan fingerprint density at radius 2 is 1.26 bits per heavy atom. The minimum absolute atomic E-state index is 0. The number of amides is 2. The fraction of sp³-hybridized carbons (Fsp3) is 0. The molecule has 0 atom stereocenters. The number of nitrogens with two attached hydrogens (primary N) is 2. The van der Waals surface area contributed by atoms with E-state index in [1.807, 2.05) is 12.1 Å². The summed E-state index contributed by atoms with van der Waals surface area (Å²) < 4.78 is 0. The van der Waals surface area contributed by atoms with Crippen LogP contribution in [0.4, 0.5) is 22.7 Å². The van der Waals surface area contributed by atoms with Gasteiger partial charge in [-0.1, -0.05) is 11.6 Å². The van der Waals surface area contributed by atoms with Crippen LogP contribution in [0.1, 0.15) is 20.7 Å². The number of hydrogen-bond donors (Lipinski definition) is 5. The standard InChI is InChI=1S/C27H21ClN6O2.2ClH/c28-21-13-23-24(14-22(21)34-27(36)17-3-9-19(30)10-4-17)33-25(32-23)15-5-11-20(12-6-15)31-26(35)16-1-7-18(29)8-2-16;;/h1-14H,29-30H2,(H,31,35)(H,32,33)(H,34,36);2*1H. The number of nitrogen functional groups attached to an aromatic ring is 2. The summed E-state index contributed by atoms with van der Waals surface area (Å²) in [5.74, 6) is 0.0952. The number of carbonyl (C=O) groups is 2. The molecule has 0 unspecified atom stereocenters. The smallest absolute Gasteiger partial charge is 0.255 e. The molecule has 2 amide bonds. The molecule has 5 aromatic rings. The summed E-state index contributed by atoms with van der Waals surface area (Å²) in [5.41, 5.74) is 16.8. The minimum Gasteiger partial charge on any atom is -0.399 e. The van der Waals surface area contributed by atoms with Gasteiger partial charge in [0, 0.05) is 33.8 Å². The zero-order valence-corrected chi connectivity index (χ0v) is 22.1. The molecule has 4 aromatic carbocycles. The van der Waals surface area contributed by atoms with Crippen LogP contribution in [0.15, 0.2) is 84.9 Å². The largest absolute Gasteiger partial charge is 0.399 e. The number of nitrogens with one attached hydrogen (secondary N) is 3. The van der Waals surface area contributed by atoms with E-state index >= 15 is 0 Å². The molecular formula is C27H23Cl3N6O2. The number of aromatic amines is 1. The molecule has 194 valence electrons. The highest BCUT2D eigenvalue weighted by Crippen LogP contribution is 2.30. The molecule has 5 rings (SSSR count). The summed E-state index contributed by atoms with van der Waals surface area (Å²) in [4.78, 5) is 32.9. The van der Waals surface area contributed by atoms with Crippen molar-refractivity contribution in [3.8, 4) is 11.4 Å². The van der Waals surface area contributed by atoms with E-state index in [0.29, 0.717) is 50.2 Å². The predicted molar refractivity (Wildman–Crippen MR) is 159 cm³/mol. The molecule has 0 bridgehead atoms. The van der Waals surface area contributed by atoms with Gasteiger partial charge in [0.1, 0.15) is 5.82 Å². The molecular weight excluding hydrogens is 547 g/mol. The zero-order chi connectivity index (χ0) is 25.2. The molecule has 0 saturated carbocycles. The summed E-state index contributed by atoms with van der Waals surface area (Å²) in [6, 6.07) is 24.0. The third kappa shape index (κ3) is 6.18. The van der Waals surface area contributed by atoms with Gasteiger partial charge in [-0.3, -0.25) is 9.59 Å². The van der Waals surface area contributed by atoms with Crippen LogP contribution in [0, 0.1) is 0 Å². The number of aromatic nitrogens is 2. The van der Waals surface area contributed by atoms with Crippen molar-refractivity contribution in [2.45, 2.75) is 0 Å². The molecule has 38 heavy (non-hydrogen) atoms. The van der Waals surface area contributed by atoms with Gasteiger partial charge in [-0.2, -0.15) is 0 Å². The van der Waals surface area contributed by atoms with Crippen LogP contribution in [0.2, 0.25) is 5.02 Å². The van der Waals surface area contributed by atoms with Gasteiger partial charge in [0.05, 0.1) is 21.7 Å². The molecule has 0 aliphatic heterocycles. The van der Waals surface area contributed by atoms with E-state index in [9.17, 15) is 9.59 Å². The molecule has 11 heteroatoms. The summed E-state index contributed by atoms with van der Waals surface area (Å²) >= 11 is 6.41. The van der Waals surface area contributed by atoms with Gasteiger partial charge in [-0.25, -0.2) is 4.98 Å². The van der Waals surface area contributed by atoms with Crippen LogP contribution in [-0.4, -0.2) is 21.8 Å². The molecule has 0 saturated heterocycles. The topological polar surface area (TPSA) is 139 Å². The molecule has 8 nitrogen and oxygen atoms in total. The Kier molecular flexibility index (Phi) is 8.85. The maximum Gasteiger partial charge on any atom is 0.255 e. The van der Waals surface area contributed by atoms with Gasteiger partial charge in [0.15, 0.2) is 0 Å². The van der Waals surface area contributed by atoms with Gasteiger partial charge in [-0.05, 0) is 84.9 Å². The van der Waals surface area contributed by atoms with Crippen LogP contribution in [0.5, 0.6) is 0 Å². The lowest BCUT2D eigenvalue weighted by atomic mass is 10.1. The van der Waals surface area contributed by atoms with Gasteiger partial charge >= 0.3 is 0 Å². The third-order valence-electron chi connectivity index (χ3n) is 5.58. The number of H-pyrrole nitrogens is 1. The molecule has 1 heterocycles. The molecule has 0 spiro atoms. The van der Waals surface area contributed by atoms with Crippen LogP contribution < -0.4 is 22.1 Å². The highest BCUT2D eigenvalue weighted by atomic mass is 35.5. The molecule has 0 aliphatic rings. The van der Waals surface area contributed by atoms with Crippen LogP contribution in [0.25, 0.3) is 22.4 Å². The number of hydrogen-bond acceptors (Lipinski definition) is 5. The molecule has 0 fully saturated rings. The fourth-order valence-electron chi connectivity index (χ4n) is 3.64. The number of imidazole rings is 1. The zero-order valence-electron chi connectivity index (χ0n) is 19.7. The second-order valence-electron chi connectivity index (χ2n) is 8.16. The summed E-state index contributed by atoms with van der Waals surface area (Å²) in [6.07, 6.45) is 0. The lowest BCUT2D eigenvalue weighted by Crippen LogP contribution is -2.12. The Morgan fingerprint density at radius 3 is 1.82 bits per heavy atom. The number of halogens is 3. The van der Waals surface area contributed by atoms with Crippen molar-refractivity contribution in [2.24, 2.45) is 0 Å².